The van der Waals surface area contributed by atoms with E-state index in [1.165, 1.54) is 12.3 Å². The summed E-state index contributed by atoms with van der Waals surface area (Å²) < 4.78 is 5.04. The van der Waals surface area contributed by atoms with Crippen LogP contribution in [0.5, 0.6) is 5.75 Å². The first kappa shape index (κ1) is 15.5. The number of hydrogen-bond acceptors (Lipinski definition) is 4. The van der Waals surface area contributed by atoms with E-state index < -0.39 is 0 Å². The fourth-order valence-corrected chi connectivity index (χ4v) is 1.86. The average Bonchev–Trinajstić information content (AvgIpc) is 2.59. The lowest BCUT2D eigenvalue weighted by molar-refractivity contribution is 0.0992. The minimum Gasteiger partial charge on any atom is -0.497 e. The number of rotatable bonds is 7. The van der Waals surface area contributed by atoms with Crippen LogP contribution < -0.4 is 10.1 Å². The van der Waals surface area contributed by atoms with E-state index in [-0.39, 0.29) is 18.1 Å². The van der Waals surface area contributed by atoms with Gasteiger partial charge < -0.3 is 10.1 Å². The van der Waals surface area contributed by atoms with Crippen LogP contribution in [-0.4, -0.2) is 25.2 Å². The van der Waals surface area contributed by atoms with Crippen molar-refractivity contribution in [1.82, 2.24) is 5.32 Å². The molecule has 22 heavy (non-hydrogen) atoms. The van der Waals surface area contributed by atoms with Gasteiger partial charge in [-0.1, -0.05) is 30.3 Å². The molecule has 0 spiro atoms. The van der Waals surface area contributed by atoms with Crippen molar-refractivity contribution in [3.63, 3.8) is 0 Å². The summed E-state index contributed by atoms with van der Waals surface area (Å²) in [6, 6.07) is 15.9. The summed E-state index contributed by atoms with van der Waals surface area (Å²) in [6.07, 6.45) is 2.90. The molecule has 1 N–H and O–H groups in total. The quantitative estimate of drug-likeness (QED) is 0.630. The monoisotopic (exact) mass is 295 g/mol. The van der Waals surface area contributed by atoms with Crippen molar-refractivity contribution in [2.45, 2.75) is 0 Å². The Morgan fingerprint density at radius 2 is 1.68 bits per heavy atom. The molecule has 2 aromatic carbocycles. The van der Waals surface area contributed by atoms with Crippen molar-refractivity contribution in [3.05, 3.63) is 78.0 Å². The molecule has 0 saturated carbocycles. The second-order valence-corrected chi connectivity index (χ2v) is 4.60. The van der Waals surface area contributed by atoms with Gasteiger partial charge in [-0.2, -0.15) is 0 Å². The first-order chi connectivity index (χ1) is 10.7. The molecule has 0 fully saturated rings. The van der Waals surface area contributed by atoms with E-state index in [2.05, 4.69) is 5.32 Å². The van der Waals surface area contributed by atoms with E-state index in [0.717, 1.165) is 0 Å². The molecule has 2 rings (SSSR count). The Labute approximate surface area is 129 Å². The highest BCUT2D eigenvalue weighted by Crippen LogP contribution is 2.11. The van der Waals surface area contributed by atoms with E-state index in [0.29, 0.717) is 16.9 Å². The zero-order valence-corrected chi connectivity index (χ0v) is 12.3. The van der Waals surface area contributed by atoms with Gasteiger partial charge in [0.25, 0.3) is 0 Å². The molecule has 0 heterocycles. The van der Waals surface area contributed by atoms with Gasteiger partial charge in [0.15, 0.2) is 11.6 Å². The lowest BCUT2D eigenvalue weighted by atomic mass is 10.1. The predicted octanol–water partition coefficient (Wildman–Crippen LogP) is 2.86. The van der Waals surface area contributed by atoms with E-state index in [4.69, 9.17) is 4.74 Å². The number of carbonyl (C=O) groups excluding carboxylic acids is 2. The molecule has 0 amide bonds. The van der Waals surface area contributed by atoms with Gasteiger partial charge in [0.05, 0.1) is 13.7 Å². The molecule has 0 aliphatic heterocycles. The van der Waals surface area contributed by atoms with Crippen LogP contribution in [0.2, 0.25) is 0 Å². The summed E-state index contributed by atoms with van der Waals surface area (Å²) in [4.78, 5) is 23.7. The van der Waals surface area contributed by atoms with Crippen LogP contribution in [0.15, 0.2) is 66.9 Å². The maximum absolute atomic E-state index is 11.9. The predicted molar refractivity (Wildman–Crippen MR) is 85.2 cm³/mol. The zero-order valence-electron chi connectivity index (χ0n) is 12.3. The average molecular weight is 295 g/mol. The molecule has 4 nitrogen and oxygen atoms in total. The lowest BCUT2D eigenvalue weighted by Crippen LogP contribution is -2.18. The molecule has 0 saturated heterocycles. The van der Waals surface area contributed by atoms with Gasteiger partial charge in [-0.3, -0.25) is 9.59 Å². The van der Waals surface area contributed by atoms with Crippen molar-refractivity contribution < 1.29 is 14.3 Å². The van der Waals surface area contributed by atoms with Crippen LogP contribution in [0.1, 0.15) is 20.7 Å². The van der Waals surface area contributed by atoms with Gasteiger partial charge in [0, 0.05) is 23.4 Å². The zero-order chi connectivity index (χ0) is 15.8. The molecular weight excluding hydrogens is 278 g/mol. The van der Waals surface area contributed by atoms with Gasteiger partial charge in [0.2, 0.25) is 0 Å². The third-order valence-corrected chi connectivity index (χ3v) is 3.09. The maximum atomic E-state index is 11.9. The number of Topliss-reactive ketones (excluding diaryl/α,β-unsaturated/α-hetero) is 1. The van der Waals surface area contributed by atoms with Crippen LogP contribution in [0, 0.1) is 0 Å². The highest BCUT2D eigenvalue weighted by Gasteiger charge is 2.04. The Hall–Kier alpha value is -2.88. The van der Waals surface area contributed by atoms with Crippen molar-refractivity contribution in [2.24, 2.45) is 0 Å². The number of ketones is 2. The molecule has 0 unspecified atom stereocenters. The topological polar surface area (TPSA) is 55.4 Å². The van der Waals surface area contributed by atoms with Crippen LogP contribution in [0.3, 0.4) is 0 Å². The molecule has 0 atom stereocenters. The standard InChI is InChI=1S/C18H17NO3/c1-22-16-9-7-15(8-10-16)17(20)11-12-19-13-18(21)14-5-3-2-4-6-14/h2-12,19H,13H2,1H3/b12-11+. The molecule has 0 radical (unpaired) electrons. The van der Waals surface area contributed by atoms with Crippen molar-refractivity contribution >= 4 is 11.6 Å². The smallest absolute Gasteiger partial charge is 0.187 e. The Morgan fingerprint density at radius 1 is 1.00 bits per heavy atom. The summed E-state index contributed by atoms with van der Waals surface area (Å²) in [5, 5.41) is 2.83. The van der Waals surface area contributed by atoms with Crippen LogP contribution in [0.25, 0.3) is 0 Å². The summed E-state index contributed by atoms with van der Waals surface area (Å²) >= 11 is 0. The van der Waals surface area contributed by atoms with E-state index in [1.54, 1.807) is 43.5 Å². The fourth-order valence-electron chi connectivity index (χ4n) is 1.86. The molecular formula is C18H17NO3. The first-order valence-corrected chi connectivity index (χ1v) is 6.87. The van der Waals surface area contributed by atoms with E-state index >= 15 is 0 Å². The Balaban J connectivity index is 1.84. The molecule has 4 heteroatoms. The van der Waals surface area contributed by atoms with E-state index in [9.17, 15) is 9.59 Å². The summed E-state index contributed by atoms with van der Waals surface area (Å²) in [6.45, 7) is 0.149. The number of ether oxygens (including phenoxy) is 1. The number of benzene rings is 2. The minimum absolute atomic E-state index is 0.0258. The van der Waals surface area contributed by atoms with Crippen LogP contribution >= 0.6 is 0 Å². The number of nitrogens with one attached hydrogen (secondary N) is 1. The second kappa shape index (κ2) is 7.78. The third kappa shape index (κ3) is 4.31. The summed E-state index contributed by atoms with van der Waals surface area (Å²) in [7, 11) is 1.57. The number of methoxy groups -OCH3 is 1. The Morgan fingerprint density at radius 3 is 2.32 bits per heavy atom. The van der Waals surface area contributed by atoms with Gasteiger partial charge >= 0.3 is 0 Å². The molecule has 0 bridgehead atoms. The van der Waals surface area contributed by atoms with Crippen molar-refractivity contribution in [2.75, 3.05) is 13.7 Å². The second-order valence-electron chi connectivity index (χ2n) is 4.60. The van der Waals surface area contributed by atoms with Crippen molar-refractivity contribution in [1.29, 1.82) is 0 Å². The molecule has 0 aliphatic carbocycles. The molecule has 112 valence electrons. The minimum atomic E-state index is -0.137. The normalized spacial score (nSPS) is 10.4. The highest BCUT2D eigenvalue weighted by molar-refractivity contribution is 6.04. The summed E-state index contributed by atoms with van der Waals surface area (Å²) in [5.74, 6) is 0.538. The Kier molecular flexibility index (Phi) is 5.49. The number of allylic oxidation sites excluding steroid dienone is 1. The van der Waals surface area contributed by atoms with Gasteiger partial charge in [0.1, 0.15) is 5.75 Å². The largest absolute Gasteiger partial charge is 0.497 e. The third-order valence-electron chi connectivity index (χ3n) is 3.09. The Bertz CT molecular complexity index is 660. The number of hydrogen-bond donors (Lipinski definition) is 1. The lowest BCUT2D eigenvalue weighted by Gasteiger charge is -2.01. The van der Waals surface area contributed by atoms with Crippen LogP contribution in [0.4, 0.5) is 0 Å². The molecule has 0 aromatic heterocycles. The van der Waals surface area contributed by atoms with Gasteiger partial charge in [-0.25, -0.2) is 0 Å². The molecule has 0 aliphatic rings. The highest BCUT2D eigenvalue weighted by atomic mass is 16.5. The fraction of sp³-hybridized carbons (Fsp3) is 0.111. The van der Waals surface area contributed by atoms with E-state index in [1.807, 2.05) is 18.2 Å². The van der Waals surface area contributed by atoms with Crippen molar-refractivity contribution in [3.8, 4) is 5.75 Å². The maximum Gasteiger partial charge on any atom is 0.187 e. The summed E-state index contributed by atoms with van der Waals surface area (Å²) in [5.41, 5.74) is 1.21. The SMILES string of the molecule is COc1ccc(C(=O)/C=C/NCC(=O)c2ccccc2)cc1. The first-order valence-electron chi connectivity index (χ1n) is 6.87. The molecule has 2 aromatic rings. The van der Waals surface area contributed by atoms with Gasteiger partial charge in [-0.05, 0) is 24.3 Å². The van der Waals surface area contributed by atoms with Gasteiger partial charge in [-0.15, -0.1) is 0 Å². The number of carbonyl (C=O) groups is 2. The van der Waals surface area contributed by atoms with Crippen LogP contribution in [-0.2, 0) is 0 Å².